The number of piperidine rings is 2. The molecule has 17 nitrogen and oxygen atoms in total. The summed E-state index contributed by atoms with van der Waals surface area (Å²) in [5.41, 5.74) is 6.33. The first kappa shape index (κ1) is 47.3. The number of benzene rings is 3. The lowest BCUT2D eigenvalue weighted by molar-refractivity contribution is -0.136. The molecule has 2 aromatic heterocycles. The number of aromatic nitrogens is 4. The van der Waals surface area contributed by atoms with Crippen LogP contribution in [0.5, 0.6) is 11.5 Å². The first-order valence-corrected chi connectivity index (χ1v) is 27.0. The Hall–Kier alpha value is -6.36. The summed E-state index contributed by atoms with van der Waals surface area (Å²) in [6.07, 6.45) is 10.4. The molecule has 1 atom stereocenters. The van der Waals surface area contributed by atoms with Gasteiger partial charge in [0, 0.05) is 130 Å². The molecular formula is C51H61FN11O6P. The van der Waals surface area contributed by atoms with Crippen molar-refractivity contribution in [3.05, 3.63) is 89.6 Å². The molecule has 368 valence electrons. The summed E-state index contributed by atoms with van der Waals surface area (Å²) in [6, 6.07) is 14.9. The number of hydrogen-bond acceptors (Lipinski definition) is 14. The Labute approximate surface area is 407 Å². The highest BCUT2D eigenvalue weighted by Gasteiger charge is 2.41. The maximum absolute atomic E-state index is 15.3. The summed E-state index contributed by atoms with van der Waals surface area (Å²) in [6.45, 7) is 11.7. The van der Waals surface area contributed by atoms with Crippen molar-refractivity contribution in [2.45, 2.75) is 82.6 Å². The molecule has 3 saturated heterocycles. The third kappa shape index (κ3) is 9.60. The molecular weight excluding hydrogens is 913 g/mol. The first-order chi connectivity index (χ1) is 33.7. The highest BCUT2D eigenvalue weighted by atomic mass is 31.2. The molecule has 4 fully saturated rings. The molecule has 5 aromatic rings. The van der Waals surface area contributed by atoms with Gasteiger partial charge in [-0.05, 0) is 80.5 Å². The summed E-state index contributed by atoms with van der Waals surface area (Å²) in [5, 5.41) is 14.3. The van der Waals surface area contributed by atoms with Crippen molar-refractivity contribution in [2.24, 2.45) is 7.05 Å². The molecule has 1 unspecified atom stereocenters. The lowest BCUT2D eigenvalue weighted by Gasteiger charge is -2.48. The summed E-state index contributed by atoms with van der Waals surface area (Å²) < 4.78 is 42.4. The number of fused-ring (bicyclic) bond motifs is 1. The van der Waals surface area contributed by atoms with Gasteiger partial charge in [0.05, 0.1) is 24.7 Å². The monoisotopic (exact) mass is 973 g/mol. The van der Waals surface area contributed by atoms with Crippen molar-refractivity contribution < 1.29 is 32.8 Å². The zero-order valence-electron chi connectivity index (χ0n) is 40.4. The minimum absolute atomic E-state index is 0.110. The Morgan fingerprint density at radius 2 is 1.61 bits per heavy atom. The van der Waals surface area contributed by atoms with E-state index in [1.54, 1.807) is 43.6 Å². The molecule has 3 aromatic carbocycles. The number of imide groups is 1. The highest BCUT2D eigenvalue weighted by Crippen LogP contribution is 2.41. The molecule has 1 aliphatic carbocycles. The summed E-state index contributed by atoms with van der Waals surface area (Å²) in [5.74, 6) is -0.0480. The fraction of sp³-hybridized carbons (Fsp3) is 0.451. The van der Waals surface area contributed by atoms with E-state index < -0.39 is 30.8 Å². The minimum Gasteiger partial charge on any atom is -0.494 e. The predicted octanol–water partition coefficient (Wildman–Crippen LogP) is 6.28. The standard InChI is InChI=1S/C51H61FN11O6P/c1-6-31-21-41(56-51-53-28-38(33-27-54-59(2)29-33)48(58-51)55-40-9-7-8-10-46(40)70(4,5)67)45(68-3)26-43(31)62-15-13-34(14-16-62)60-17-19-61(20-18-60)35-23-36(24-35)69-44-22-32-30-63(50(66)37(32)25-39(44)52)42-11-12-47(64)57-49(42)65/h7-10,21-22,25-29,34-36,42H,6,11-20,23-24,30H2,1-5H3,(H,57,64,65)(H2,53,55,56,58). The van der Waals surface area contributed by atoms with Crippen LogP contribution in [-0.2, 0) is 34.2 Å². The Balaban J connectivity index is 0.730. The fourth-order valence-corrected chi connectivity index (χ4v) is 11.9. The lowest BCUT2D eigenvalue weighted by Crippen LogP contribution is -2.58. The average Bonchev–Trinajstić information content (AvgIpc) is 3.91. The number of amides is 3. The molecule has 19 heteroatoms. The number of anilines is 5. The number of aryl methyl sites for hydroxylation is 2. The fourth-order valence-electron chi connectivity index (χ4n) is 10.8. The number of methoxy groups -OCH3 is 1. The van der Waals surface area contributed by atoms with Gasteiger partial charge >= 0.3 is 0 Å². The average molecular weight is 974 g/mol. The number of halogens is 1. The summed E-state index contributed by atoms with van der Waals surface area (Å²) >= 11 is 0. The van der Waals surface area contributed by atoms with Crippen LogP contribution in [-0.4, -0.2) is 136 Å². The number of carbonyl (C=O) groups excluding carboxylic acids is 3. The SMILES string of the molecule is CCc1cc(Nc2ncc(-c3cnn(C)c3)c(Nc3ccccc3P(C)(C)=O)n2)c(OC)cc1N1CCC(N2CCN(C3CC(Oc4cc5c(cc4F)C(=O)N(C4CCC(=O)NC4=O)C5)C3)CC2)CC1. The van der Waals surface area contributed by atoms with Crippen LogP contribution in [0.15, 0.2) is 67.1 Å². The molecule has 5 aliphatic rings. The number of ether oxygens (including phenoxy) is 2. The number of nitrogens with one attached hydrogen (secondary N) is 3. The quantitative estimate of drug-likeness (QED) is 0.0837. The maximum atomic E-state index is 15.3. The van der Waals surface area contributed by atoms with Crippen LogP contribution in [0.25, 0.3) is 11.1 Å². The van der Waals surface area contributed by atoms with Gasteiger partial charge in [-0.1, -0.05) is 19.1 Å². The molecule has 10 rings (SSSR count). The third-order valence-corrected chi connectivity index (χ3v) is 16.2. The van der Waals surface area contributed by atoms with Crippen LogP contribution in [0.2, 0.25) is 0 Å². The van der Waals surface area contributed by atoms with Gasteiger partial charge in [-0.15, -0.1) is 0 Å². The van der Waals surface area contributed by atoms with Gasteiger partial charge in [0.15, 0.2) is 11.6 Å². The molecule has 1 saturated carbocycles. The smallest absolute Gasteiger partial charge is 0.255 e. The minimum atomic E-state index is -2.61. The topological polar surface area (TPSA) is 179 Å². The van der Waals surface area contributed by atoms with E-state index in [9.17, 15) is 18.9 Å². The van der Waals surface area contributed by atoms with E-state index in [0.717, 1.165) is 99.2 Å². The Morgan fingerprint density at radius 3 is 2.30 bits per heavy atom. The van der Waals surface area contributed by atoms with Crippen molar-refractivity contribution in [3.8, 4) is 22.6 Å². The van der Waals surface area contributed by atoms with Crippen molar-refractivity contribution >= 4 is 59.0 Å². The normalized spacial score (nSPS) is 21.3. The molecule has 0 spiro atoms. The Morgan fingerprint density at radius 1 is 0.871 bits per heavy atom. The maximum Gasteiger partial charge on any atom is 0.255 e. The number of carbonyl (C=O) groups is 3. The van der Waals surface area contributed by atoms with Crippen molar-refractivity contribution in [3.63, 3.8) is 0 Å². The lowest BCUT2D eigenvalue weighted by atomic mass is 9.87. The van der Waals surface area contributed by atoms with Gasteiger partial charge in [0.2, 0.25) is 17.8 Å². The van der Waals surface area contributed by atoms with E-state index in [4.69, 9.17) is 19.4 Å². The van der Waals surface area contributed by atoms with Gasteiger partial charge in [-0.3, -0.25) is 34.2 Å². The van der Waals surface area contributed by atoms with Gasteiger partial charge < -0.3 is 34.5 Å². The second kappa shape index (κ2) is 19.4. The number of nitrogens with zero attached hydrogens (tertiary/aromatic N) is 8. The van der Waals surface area contributed by atoms with E-state index in [1.165, 1.54) is 22.2 Å². The van der Waals surface area contributed by atoms with Crippen LogP contribution >= 0.6 is 7.14 Å². The zero-order chi connectivity index (χ0) is 48.8. The molecule has 3 N–H and O–H groups in total. The van der Waals surface area contributed by atoms with E-state index in [0.29, 0.717) is 35.2 Å². The van der Waals surface area contributed by atoms with E-state index in [1.807, 2.05) is 37.5 Å². The second-order valence-electron chi connectivity index (χ2n) is 19.5. The highest BCUT2D eigenvalue weighted by molar-refractivity contribution is 7.70. The van der Waals surface area contributed by atoms with Crippen molar-refractivity contribution in [1.29, 1.82) is 0 Å². The van der Waals surface area contributed by atoms with Crippen molar-refractivity contribution in [1.82, 2.24) is 39.8 Å². The third-order valence-electron chi connectivity index (χ3n) is 14.7. The predicted molar refractivity (Wildman–Crippen MR) is 267 cm³/mol. The van der Waals surface area contributed by atoms with Gasteiger partial charge in [0.1, 0.15) is 30.9 Å². The molecule has 0 radical (unpaired) electrons. The number of para-hydroxylation sites is 1. The molecule has 3 amide bonds. The van der Waals surface area contributed by atoms with Crippen LogP contribution in [0.1, 0.15) is 66.9 Å². The second-order valence-corrected chi connectivity index (χ2v) is 22.7. The van der Waals surface area contributed by atoms with Crippen LogP contribution in [0.3, 0.4) is 0 Å². The van der Waals surface area contributed by atoms with Gasteiger partial charge in [0.25, 0.3) is 5.91 Å². The largest absolute Gasteiger partial charge is 0.494 e. The molecule has 70 heavy (non-hydrogen) atoms. The van der Waals surface area contributed by atoms with Gasteiger partial charge in [-0.2, -0.15) is 10.1 Å². The van der Waals surface area contributed by atoms with E-state index in [2.05, 4.69) is 54.8 Å². The Kier molecular flexibility index (Phi) is 13.1. The number of piperazine rings is 1. The number of hydrogen-bond donors (Lipinski definition) is 3. The molecule has 6 heterocycles. The molecule has 0 bridgehead atoms. The van der Waals surface area contributed by atoms with Gasteiger partial charge in [-0.25, -0.2) is 9.37 Å². The summed E-state index contributed by atoms with van der Waals surface area (Å²) in [7, 11) is 0.940. The van der Waals surface area contributed by atoms with E-state index in [-0.39, 0.29) is 42.7 Å². The van der Waals surface area contributed by atoms with Crippen LogP contribution in [0.4, 0.5) is 33.2 Å². The van der Waals surface area contributed by atoms with Crippen LogP contribution in [0, 0.1) is 5.82 Å². The Bertz CT molecular complexity index is 2870. The van der Waals surface area contributed by atoms with Crippen molar-refractivity contribution in [2.75, 3.05) is 75.2 Å². The molecule has 4 aliphatic heterocycles. The van der Waals surface area contributed by atoms with Crippen LogP contribution < -0.4 is 35.6 Å². The zero-order valence-corrected chi connectivity index (χ0v) is 41.3. The van der Waals surface area contributed by atoms with E-state index >= 15 is 4.39 Å². The summed E-state index contributed by atoms with van der Waals surface area (Å²) in [4.78, 5) is 56.0. The first-order valence-electron chi connectivity index (χ1n) is 24.3. The number of rotatable bonds is 14.